The molecule has 1 saturated carbocycles. The van der Waals surface area contributed by atoms with E-state index in [1.807, 2.05) is 0 Å². The Labute approximate surface area is 154 Å². The zero-order chi connectivity index (χ0) is 18.9. The van der Waals surface area contributed by atoms with E-state index in [0.717, 1.165) is 23.9 Å². The van der Waals surface area contributed by atoms with Crippen molar-refractivity contribution < 1.29 is 9.18 Å². The maximum atomic E-state index is 14.2. The molecule has 138 valence electrons. The number of halogens is 1. The first-order valence-electron chi connectivity index (χ1n) is 8.60. The van der Waals surface area contributed by atoms with Crippen LogP contribution in [-0.2, 0) is 5.41 Å². The largest absolute Gasteiger partial charge is 0.383 e. The molecule has 3 heterocycles. The summed E-state index contributed by atoms with van der Waals surface area (Å²) in [6.07, 6.45) is 8.60. The summed E-state index contributed by atoms with van der Waals surface area (Å²) in [6.45, 7) is 0.473. The van der Waals surface area contributed by atoms with E-state index in [2.05, 4.69) is 25.4 Å². The van der Waals surface area contributed by atoms with Crippen LogP contribution in [0.4, 0.5) is 16.2 Å². The molecule has 1 fully saturated rings. The highest BCUT2D eigenvalue weighted by atomic mass is 19.1. The number of nitrogens with two attached hydrogens (primary N) is 1. The number of rotatable bonds is 5. The van der Waals surface area contributed by atoms with Crippen LogP contribution in [0.1, 0.15) is 35.3 Å². The maximum absolute atomic E-state index is 14.2. The minimum absolute atomic E-state index is 0.242. The fraction of sp³-hybridized carbons (Fsp3) is 0.278. The van der Waals surface area contributed by atoms with Gasteiger partial charge in [0.05, 0.1) is 17.5 Å². The maximum Gasteiger partial charge on any atom is 0.283 e. The third-order valence-corrected chi connectivity index (χ3v) is 4.92. The first-order chi connectivity index (χ1) is 13.1. The van der Waals surface area contributed by atoms with E-state index < -0.39 is 5.91 Å². The molecule has 9 heteroatoms. The molecule has 0 atom stereocenters. The number of aromatic nitrogens is 5. The Hall–Kier alpha value is -3.36. The van der Waals surface area contributed by atoms with E-state index in [-0.39, 0.29) is 22.6 Å². The Balaban J connectivity index is 1.47. The van der Waals surface area contributed by atoms with Crippen molar-refractivity contribution in [3.05, 3.63) is 60.1 Å². The number of hydrogen-bond acceptors (Lipinski definition) is 7. The van der Waals surface area contributed by atoms with Crippen LogP contribution in [0.5, 0.6) is 0 Å². The number of carbonyl (C=O) groups excluding carboxylic acids is 1. The van der Waals surface area contributed by atoms with Gasteiger partial charge in [-0.3, -0.25) is 9.78 Å². The lowest BCUT2D eigenvalue weighted by Crippen LogP contribution is -2.42. The van der Waals surface area contributed by atoms with Crippen LogP contribution < -0.4 is 11.1 Å². The summed E-state index contributed by atoms with van der Waals surface area (Å²) in [4.78, 5) is 24.9. The number of nitrogens with one attached hydrogen (secondary N) is 1. The van der Waals surface area contributed by atoms with Crippen molar-refractivity contribution in [3.8, 4) is 0 Å². The van der Waals surface area contributed by atoms with Gasteiger partial charge in [0.15, 0.2) is 0 Å². The van der Waals surface area contributed by atoms with Crippen LogP contribution in [0.15, 0.2) is 43.0 Å². The molecule has 0 aliphatic heterocycles. The number of hydrogen-bond donors (Lipinski definition) is 2. The molecule has 3 N–H and O–H groups in total. The third-order valence-electron chi connectivity index (χ3n) is 4.92. The number of nitrogens with zero attached hydrogens (tertiary/aromatic N) is 5. The Kier molecular flexibility index (Phi) is 4.27. The molecule has 3 aromatic heterocycles. The van der Waals surface area contributed by atoms with Crippen LogP contribution in [-0.4, -0.2) is 37.2 Å². The first-order valence-corrected chi connectivity index (χ1v) is 8.60. The molecule has 4 rings (SSSR count). The second-order valence-electron chi connectivity index (χ2n) is 6.59. The summed E-state index contributed by atoms with van der Waals surface area (Å²) in [5.41, 5.74) is 6.07. The lowest BCUT2D eigenvalue weighted by atomic mass is 9.66. The molecule has 27 heavy (non-hydrogen) atoms. The first kappa shape index (κ1) is 17.1. The molecule has 3 aromatic rings. The van der Waals surface area contributed by atoms with Crippen LogP contribution in [0.3, 0.4) is 0 Å². The van der Waals surface area contributed by atoms with Crippen molar-refractivity contribution >= 4 is 17.7 Å². The van der Waals surface area contributed by atoms with Crippen molar-refractivity contribution in [2.75, 3.05) is 17.6 Å². The fourth-order valence-corrected chi connectivity index (χ4v) is 3.26. The van der Waals surface area contributed by atoms with Crippen molar-refractivity contribution in [1.29, 1.82) is 0 Å². The van der Waals surface area contributed by atoms with Gasteiger partial charge in [0, 0.05) is 36.6 Å². The van der Waals surface area contributed by atoms with E-state index in [1.54, 1.807) is 12.3 Å². The van der Waals surface area contributed by atoms with E-state index in [9.17, 15) is 9.18 Å². The molecule has 0 bridgehead atoms. The molecular formula is C18H18FN7O. The highest BCUT2D eigenvalue weighted by molar-refractivity contribution is 5.96. The van der Waals surface area contributed by atoms with Crippen molar-refractivity contribution in [3.63, 3.8) is 0 Å². The second-order valence-corrected chi connectivity index (χ2v) is 6.59. The highest BCUT2D eigenvalue weighted by Gasteiger charge is 2.41. The molecule has 0 unspecified atom stereocenters. The van der Waals surface area contributed by atoms with Gasteiger partial charge in [-0.25, -0.2) is 14.4 Å². The van der Waals surface area contributed by atoms with E-state index in [0.29, 0.717) is 18.2 Å². The normalized spacial score (nSPS) is 15.1. The van der Waals surface area contributed by atoms with Crippen molar-refractivity contribution in [2.45, 2.75) is 24.7 Å². The van der Waals surface area contributed by atoms with Crippen molar-refractivity contribution in [1.82, 2.24) is 24.7 Å². The Morgan fingerprint density at radius 2 is 2.00 bits per heavy atom. The molecule has 0 saturated heterocycles. The standard InChI is InChI=1S/C18H18FN7O/c19-13-3-1-7-21-15(13)18(5-2-6-18)11-24-17-22-9-12(10-23-17)16(27)26-14(20)4-8-25-26/h1,3-4,7-10H,2,5-6,11,20H2,(H,22,23,24). The van der Waals surface area contributed by atoms with Gasteiger partial charge < -0.3 is 11.1 Å². The Bertz CT molecular complexity index is 966. The quantitative estimate of drug-likeness (QED) is 0.709. The van der Waals surface area contributed by atoms with E-state index in [4.69, 9.17) is 5.73 Å². The van der Waals surface area contributed by atoms with Gasteiger partial charge in [-0.1, -0.05) is 6.42 Å². The van der Waals surface area contributed by atoms with Gasteiger partial charge in [0.1, 0.15) is 11.6 Å². The summed E-state index contributed by atoms with van der Waals surface area (Å²) in [6, 6.07) is 4.55. The second kappa shape index (κ2) is 6.75. The van der Waals surface area contributed by atoms with Crippen LogP contribution in [0.2, 0.25) is 0 Å². The zero-order valence-corrected chi connectivity index (χ0v) is 14.5. The molecule has 1 aliphatic rings. The Morgan fingerprint density at radius 1 is 1.22 bits per heavy atom. The SMILES string of the molecule is Nc1ccnn1C(=O)c1cnc(NCC2(c3ncccc3F)CCC2)nc1. The van der Waals surface area contributed by atoms with Crippen LogP contribution >= 0.6 is 0 Å². The van der Waals surface area contributed by atoms with E-state index >= 15 is 0 Å². The third kappa shape index (κ3) is 3.12. The van der Waals surface area contributed by atoms with Gasteiger partial charge in [-0.15, -0.1) is 0 Å². The predicted molar refractivity (Wildman–Crippen MR) is 96.6 cm³/mol. The Morgan fingerprint density at radius 3 is 2.59 bits per heavy atom. The molecule has 8 nitrogen and oxygen atoms in total. The highest BCUT2D eigenvalue weighted by Crippen LogP contribution is 2.43. The average Bonchev–Trinajstić information content (AvgIpc) is 3.08. The summed E-state index contributed by atoms with van der Waals surface area (Å²) < 4.78 is 15.2. The molecule has 0 amide bonds. The van der Waals surface area contributed by atoms with Gasteiger partial charge in [0.25, 0.3) is 5.91 Å². The smallest absolute Gasteiger partial charge is 0.283 e. The molecule has 0 radical (unpaired) electrons. The van der Waals surface area contributed by atoms with Crippen LogP contribution in [0, 0.1) is 5.82 Å². The van der Waals surface area contributed by atoms with Crippen molar-refractivity contribution in [2.24, 2.45) is 0 Å². The van der Waals surface area contributed by atoms with Gasteiger partial charge >= 0.3 is 0 Å². The van der Waals surface area contributed by atoms with Gasteiger partial charge in [-0.2, -0.15) is 9.78 Å². The summed E-state index contributed by atoms with van der Waals surface area (Å²) >= 11 is 0. The number of carbonyl (C=O) groups is 1. The fourth-order valence-electron chi connectivity index (χ4n) is 3.26. The number of nitrogen functional groups attached to an aromatic ring is 1. The summed E-state index contributed by atoms with van der Waals surface area (Å²) in [5, 5.41) is 7.01. The topological polar surface area (TPSA) is 112 Å². The molecular weight excluding hydrogens is 349 g/mol. The minimum Gasteiger partial charge on any atom is -0.383 e. The lowest BCUT2D eigenvalue weighted by Gasteiger charge is -2.41. The zero-order valence-electron chi connectivity index (χ0n) is 14.5. The summed E-state index contributed by atoms with van der Waals surface area (Å²) in [5.74, 6) is -0.0955. The lowest BCUT2D eigenvalue weighted by molar-refractivity contribution is 0.0947. The average molecular weight is 367 g/mol. The molecule has 0 aromatic carbocycles. The predicted octanol–water partition coefficient (Wildman–Crippen LogP) is 2.01. The monoisotopic (exact) mass is 367 g/mol. The van der Waals surface area contributed by atoms with Crippen LogP contribution in [0.25, 0.3) is 0 Å². The molecule has 1 aliphatic carbocycles. The van der Waals surface area contributed by atoms with Gasteiger partial charge in [-0.05, 0) is 25.0 Å². The number of anilines is 2. The molecule has 0 spiro atoms. The summed E-state index contributed by atoms with van der Waals surface area (Å²) in [7, 11) is 0. The number of pyridine rings is 1. The van der Waals surface area contributed by atoms with Gasteiger partial charge in [0.2, 0.25) is 5.95 Å². The van der Waals surface area contributed by atoms with E-state index in [1.165, 1.54) is 30.7 Å². The minimum atomic E-state index is -0.407.